The van der Waals surface area contributed by atoms with E-state index in [1.54, 1.807) is 20.1 Å². The SMILES string of the molecule is COc1ccccc1-c1noc(C(C)NC(=O)N2CC(C)CC(C(=O)O)C2)n1. The first-order chi connectivity index (χ1) is 13.4. The van der Waals surface area contributed by atoms with Crippen molar-refractivity contribution in [3.63, 3.8) is 0 Å². The zero-order chi connectivity index (χ0) is 20.3. The standard InChI is InChI=1S/C19H24N4O5/c1-11-8-13(18(24)25)10-23(9-11)19(26)20-12(2)17-21-16(22-28-17)14-6-4-5-7-15(14)27-3/h4-7,11-13H,8-10H2,1-3H3,(H,20,26)(H,24,25). The summed E-state index contributed by atoms with van der Waals surface area (Å²) < 4.78 is 10.6. The van der Waals surface area contributed by atoms with Gasteiger partial charge in [0.05, 0.1) is 18.6 Å². The van der Waals surface area contributed by atoms with E-state index >= 15 is 0 Å². The maximum Gasteiger partial charge on any atom is 0.318 e. The van der Waals surface area contributed by atoms with Crippen LogP contribution in [0.2, 0.25) is 0 Å². The van der Waals surface area contributed by atoms with Gasteiger partial charge >= 0.3 is 12.0 Å². The van der Waals surface area contributed by atoms with Gasteiger partial charge in [-0.15, -0.1) is 0 Å². The molecule has 1 aliphatic heterocycles. The van der Waals surface area contributed by atoms with Crippen LogP contribution in [0.25, 0.3) is 11.4 Å². The molecule has 0 saturated carbocycles. The summed E-state index contributed by atoms with van der Waals surface area (Å²) in [7, 11) is 1.56. The van der Waals surface area contributed by atoms with Gasteiger partial charge in [0, 0.05) is 13.1 Å². The largest absolute Gasteiger partial charge is 0.496 e. The van der Waals surface area contributed by atoms with Gasteiger partial charge in [-0.1, -0.05) is 24.2 Å². The van der Waals surface area contributed by atoms with Gasteiger partial charge in [-0.05, 0) is 31.4 Å². The molecular weight excluding hydrogens is 364 g/mol. The van der Waals surface area contributed by atoms with Crippen LogP contribution in [-0.4, -0.2) is 52.3 Å². The molecule has 150 valence electrons. The first-order valence-electron chi connectivity index (χ1n) is 9.14. The second kappa shape index (κ2) is 8.28. The van der Waals surface area contributed by atoms with Gasteiger partial charge in [0.25, 0.3) is 0 Å². The normalized spacial score (nSPS) is 20.5. The number of ether oxygens (including phenoxy) is 1. The molecule has 0 radical (unpaired) electrons. The highest BCUT2D eigenvalue weighted by molar-refractivity contribution is 5.77. The Morgan fingerprint density at radius 2 is 2.11 bits per heavy atom. The van der Waals surface area contributed by atoms with Crippen LogP contribution in [-0.2, 0) is 4.79 Å². The number of nitrogens with one attached hydrogen (secondary N) is 1. The summed E-state index contributed by atoms with van der Waals surface area (Å²) >= 11 is 0. The van der Waals surface area contributed by atoms with E-state index in [0.29, 0.717) is 30.1 Å². The average Bonchev–Trinajstić information content (AvgIpc) is 3.17. The van der Waals surface area contributed by atoms with Gasteiger partial charge in [-0.3, -0.25) is 4.79 Å². The van der Waals surface area contributed by atoms with Crippen molar-refractivity contribution in [2.24, 2.45) is 11.8 Å². The lowest BCUT2D eigenvalue weighted by Gasteiger charge is -2.35. The van der Waals surface area contributed by atoms with Gasteiger partial charge in [0.15, 0.2) is 0 Å². The molecule has 9 heteroatoms. The zero-order valence-electron chi connectivity index (χ0n) is 16.1. The third kappa shape index (κ3) is 4.24. The predicted molar refractivity (Wildman–Crippen MR) is 99.7 cm³/mol. The molecule has 3 atom stereocenters. The highest BCUT2D eigenvalue weighted by Gasteiger charge is 2.32. The third-order valence-electron chi connectivity index (χ3n) is 4.80. The molecule has 0 bridgehead atoms. The molecule has 2 amide bonds. The van der Waals surface area contributed by atoms with Crippen LogP contribution in [0.1, 0.15) is 32.2 Å². The van der Waals surface area contributed by atoms with E-state index in [-0.39, 0.29) is 24.4 Å². The van der Waals surface area contributed by atoms with Crippen molar-refractivity contribution in [2.45, 2.75) is 26.3 Å². The second-order valence-corrected chi connectivity index (χ2v) is 7.11. The number of hydrogen-bond acceptors (Lipinski definition) is 6. The number of para-hydroxylation sites is 1. The van der Waals surface area contributed by atoms with Crippen LogP contribution in [0.4, 0.5) is 4.79 Å². The maximum absolute atomic E-state index is 12.6. The van der Waals surface area contributed by atoms with Crippen molar-refractivity contribution in [2.75, 3.05) is 20.2 Å². The fourth-order valence-electron chi connectivity index (χ4n) is 3.38. The lowest BCUT2D eigenvalue weighted by Crippen LogP contribution is -2.49. The molecule has 3 rings (SSSR count). The smallest absolute Gasteiger partial charge is 0.318 e. The molecule has 1 saturated heterocycles. The van der Waals surface area contributed by atoms with Crippen molar-refractivity contribution in [3.8, 4) is 17.1 Å². The van der Waals surface area contributed by atoms with Gasteiger partial charge in [-0.2, -0.15) is 4.98 Å². The zero-order valence-corrected chi connectivity index (χ0v) is 16.1. The molecular formula is C19H24N4O5. The van der Waals surface area contributed by atoms with Gasteiger partial charge in [0.2, 0.25) is 11.7 Å². The van der Waals surface area contributed by atoms with Crippen LogP contribution in [0, 0.1) is 11.8 Å². The molecule has 3 unspecified atom stereocenters. The number of carbonyl (C=O) groups is 2. The average molecular weight is 388 g/mol. The lowest BCUT2D eigenvalue weighted by molar-refractivity contribution is -0.143. The summed E-state index contributed by atoms with van der Waals surface area (Å²) in [6, 6.07) is 6.43. The predicted octanol–water partition coefficient (Wildman–Crippen LogP) is 2.56. The number of carboxylic acids is 1. The molecule has 0 spiro atoms. The van der Waals surface area contributed by atoms with Crippen LogP contribution in [0.5, 0.6) is 5.75 Å². The summed E-state index contributed by atoms with van der Waals surface area (Å²) in [5.41, 5.74) is 0.688. The molecule has 0 aliphatic carbocycles. The first kappa shape index (κ1) is 19.7. The molecule has 9 nitrogen and oxygen atoms in total. The number of nitrogens with zero attached hydrogens (tertiary/aromatic N) is 3. The summed E-state index contributed by atoms with van der Waals surface area (Å²) in [5, 5.41) is 16.0. The maximum atomic E-state index is 12.6. The van der Waals surface area contributed by atoms with Crippen LogP contribution < -0.4 is 10.1 Å². The molecule has 28 heavy (non-hydrogen) atoms. The van der Waals surface area contributed by atoms with Gasteiger partial charge in [-0.25, -0.2) is 4.79 Å². The number of likely N-dealkylation sites (tertiary alicyclic amines) is 1. The number of piperidine rings is 1. The van der Waals surface area contributed by atoms with Crippen LogP contribution in [0.3, 0.4) is 0 Å². The van der Waals surface area contributed by atoms with Crippen LogP contribution in [0.15, 0.2) is 28.8 Å². The van der Waals surface area contributed by atoms with E-state index in [1.165, 1.54) is 4.90 Å². The number of hydrogen-bond donors (Lipinski definition) is 2. The van der Waals surface area contributed by atoms with Crippen LogP contribution >= 0.6 is 0 Å². The van der Waals surface area contributed by atoms with E-state index in [9.17, 15) is 14.7 Å². The topological polar surface area (TPSA) is 118 Å². The van der Waals surface area contributed by atoms with Crippen molar-refractivity contribution >= 4 is 12.0 Å². The summed E-state index contributed by atoms with van der Waals surface area (Å²) in [4.78, 5) is 29.8. The second-order valence-electron chi connectivity index (χ2n) is 7.11. The van der Waals surface area contributed by atoms with Gasteiger partial charge < -0.3 is 24.6 Å². The molecule has 2 N–H and O–H groups in total. The molecule has 2 heterocycles. The number of rotatable bonds is 5. The Bertz CT molecular complexity index is 852. The van der Waals surface area contributed by atoms with Gasteiger partial charge in [0.1, 0.15) is 11.8 Å². The Morgan fingerprint density at radius 1 is 1.36 bits per heavy atom. The molecule has 1 aliphatic rings. The molecule has 2 aromatic rings. The quantitative estimate of drug-likeness (QED) is 0.808. The van der Waals surface area contributed by atoms with Crippen molar-refractivity contribution < 1.29 is 24.0 Å². The number of carbonyl (C=O) groups excluding carboxylic acids is 1. The number of methoxy groups -OCH3 is 1. The molecule has 1 aromatic carbocycles. The first-order valence-corrected chi connectivity index (χ1v) is 9.14. The summed E-state index contributed by atoms with van der Waals surface area (Å²) in [6.45, 7) is 4.38. The molecule has 1 fully saturated rings. The Balaban J connectivity index is 1.68. The Morgan fingerprint density at radius 3 is 2.82 bits per heavy atom. The number of carboxylic acid groups (broad SMARTS) is 1. The number of amides is 2. The fraction of sp³-hybridized carbons (Fsp3) is 0.474. The van der Waals surface area contributed by atoms with E-state index in [1.807, 2.05) is 25.1 Å². The Hall–Kier alpha value is -3.10. The number of aliphatic carboxylic acids is 1. The minimum absolute atomic E-state index is 0.122. The highest BCUT2D eigenvalue weighted by Crippen LogP contribution is 2.28. The van der Waals surface area contributed by atoms with E-state index in [4.69, 9.17) is 9.26 Å². The minimum atomic E-state index is -0.879. The lowest BCUT2D eigenvalue weighted by atomic mass is 9.91. The third-order valence-corrected chi connectivity index (χ3v) is 4.80. The van der Waals surface area contributed by atoms with Crippen molar-refractivity contribution in [1.82, 2.24) is 20.4 Å². The number of urea groups is 1. The number of aromatic nitrogens is 2. The van der Waals surface area contributed by atoms with Crippen molar-refractivity contribution in [1.29, 1.82) is 0 Å². The Kier molecular flexibility index (Phi) is 5.81. The monoisotopic (exact) mass is 388 g/mol. The van der Waals surface area contributed by atoms with E-state index < -0.39 is 17.9 Å². The number of benzene rings is 1. The summed E-state index contributed by atoms with van der Waals surface area (Å²) in [5.74, 6) is -0.0636. The minimum Gasteiger partial charge on any atom is -0.496 e. The molecule has 1 aromatic heterocycles. The van der Waals surface area contributed by atoms with E-state index in [0.717, 1.165) is 0 Å². The fourth-order valence-corrected chi connectivity index (χ4v) is 3.38. The highest BCUT2D eigenvalue weighted by atomic mass is 16.5. The van der Waals surface area contributed by atoms with Crippen molar-refractivity contribution in [3.05, 3.63) is 30.2 Å². The summed E-state index contributed by atoms with van der Waals surface area (Å²) in [6.07, 6.45) is 0.570. The Labute approximate surface area is 162 Å². The van der Waals surface area contributed by atoms with E-state index in [2.05, 4.69) is 15.5 Å².